The molecule has 6 nitrogen and oxygen atoms in total. The normalized spacial score (nSPS) is 15.9. The Morgan fingerprint density at radius 3 is 2.58 bits per heavy atom. The van der Waals surface area contributed by atoms with Gasteiger partial charge in [-0.05, 0) is 18.9 Å². The molecule has 0 radical (unpaired) electrons. The molecule has 0 amide bonds. The first kappa shape index (κ1) is 16.7. The molecule has 0 N–H and O–H groups in total. The standard InChI is InChI=1S/C17H19NO5S/c1-13-9-15(10-17(19)22-13)23-16-11-18(12-16)24(20,21)8-7-14-5-3-2-4-6-14/h2-6,9-10,16H,7-8,11-12H2,1H3. The van der Waals surface area contributed by atoms with Crippen LogP contribution >= 0.6 is 0 Å². The average molecular weight is 349 g/mol. The average Bonchev–Trinajstić information content (AvgIpc) is 2.48. The van der Waals surface area contributed by atoms with Crippen LogP contribution in [0.4, 0.5) is 0 Å². The van der Waals surface area contributed by atoms with Gasteiger partial charge in [0, 0.05) is 6.07 Å². The minimum Gasteiger partial charge on any atom is -0.487 e. The lowest BCUT2D eigenvalue weighted by molar-refractivity contribution is 0.0754. The number of sulfonamides is 1. The van der Waals surface area contributed by atoms with Crippen molar-refractivity contribution in [2.24, 2.45) is 0 Å². The summed E-state index contributed by atoms with van der Waals surface area (Å²) in [5.74, 6) is 0.955. The van der Waals surface area contributed by atoms with Gasteiger partial charge in [-0.3, -0.25) is 0 Å². The predicted octanol–water partition coefficient (Wildman–Crippen LogP) is 1.58. The van der Waals surface area contributed by atoms with Crippen molar-refractivity contribution in [1.29, 1.82) is 0 Å². The van der Waals surface area contributed by atoms with Crippen molar-refractivity contribution in [3.63, 3.8) is 0 Å². The van der Waals surface area contributed by atoms with E-state index in [-0.39, 0.29) is 11.9 Å². The zero-order valence-electron chi connectivity index (χ0n) is 13.3. The number of rotatable bonds is 6. The number of hydrogen-bond donors (Lipinski definition) is 0. The van der Waals surface area contributed by atoms with E-state index in [1.165, 1.54) is 10.4 Å². The molecule has 0 spiro atoms. The van der Waals surface area contributed by atoms with E-state index >= 15 is 0 Å². The molecular weight excluding hydrogens is 330 g/mol. The molecule has 1 fully saturated rings. The van der Waals surface area contributed by atoms with E-state index in [2.05, 4.69) is 0 Å². The Kier molecular flexibility index (Phi) is 4.73. The minimum atomic E-state index is -3.29. The Morgan fingerprint density at radius 2 is 1.92 bits per heavy atom. The lowest BCUT2D eigenvalue weighted by Crippen LogP contribution is -2.56. The zero-order chi connectivity index (χ0) is 17.2. The summed E-state index contributed by atoms with van der Waals surface area (Å²) in [7, 11) is -3.29. The molecule has 7 heteroatoms. The zero-order valence-corrected chi connectivity index (χ0v) is 14.2. The molecule has 128 valence electrons. The highest BCUT2D eigenvalue weighted by Gasteiger charge is 2.36. The summed E-state index contributed by atoms with van der Waals surface area (Å²) in [5, 5.41) is 0. The number of hydrogen-bond acceptors (Lipinski definition) is 5. The summed E-state index contributed by atoms with van der Waals surface area (Å²) in [6, 6.07) is 12.4. The van der Waals surface area contributed by atoms with Crippen molar-refractivity contribution in [1.82, 2.24) is 4.31 Å². The number of ether oxygens (including phenoxy) is 1. The molecule has 3 rings (SSSR count). The molecular formula is C17H19NO5S. The summed E-state index contributed by atoms with van der Waals surface area (Å²) in [6.45, 7) is 2.27. The second-order valence-electron chi connectivity index (χ2n) is 5.83. The van der Waals surface area contributed by atoms with E-state index in [1.807, 2.05) is 30.3 Å². The third kappa shape index (κ3) is 4.04. The molecule has 1 aromatic carbocycles. The highest BCUT2D eigenvalue weighted by atomic mass is 32.2. The van der Waals surface area contributed by atoms with Gasteiger partial charge in [0.2, 0.25) is 10.0 Å². The van der Waals surface area contributed by atoms with Crippen LogP contribution in [0.5, 0.6) is 5.75 Å². The van der Waals surface area contributed by atoms with Gasteiger partial charge in [0.05, 0.1) is 24.9 Å². The van der Waals surface area contributed by atoms with E-state index in [0.717, 1.165) is 5.56 Å². The summed E-state index contributed by atoms with van der Waals surface area (Å²) < 4.78 is 36.5. The fraction of sp³-hybridized carbons (Fsp3) is 0.353. The van der Waals surface area contributed by atoms with Gasteiger partial charge in [-0.15, -0.1) is 0 Å². The molecule has 0 aliphatic carbocycles. The maximum atomic E-state index is 12.3. The van der Waals surface area contributed by atoms with Crippen molar-refractivity contribution >= 4 is 10.0 Å². The van der Waals surface area contributed by atoms with Gasteiger partial charge >= 0.3 is 5.63 Å². The lowest BCUT2D eigenvalue weighted by atomic mass is 10.2. The quantitative estimate of drug-likeness (QED) is 0.791. The number of benzene rings is 1. The molecule has 0 atom stereocenters. The maximum absolute atomic E-state index is 12.3. The van der Waals surface area contributed by atoms with Gasteiger partial charge in [-0.2, -0.15) is 4.31 Å². The van der Waals surface area contributed by atoms with Crippen molar-refractivity contribution in [3.8, 4) is 5.75 Å². The third-order valence-corrected chi connectivity index (χ3v) is 5.67. The Morgan fingerprint density at radius 1 is 1.21 bits per heavy atom. The van der Waals surface area contributed by atoms with Gasteiger partial charge in [0.25, 0.3) is 0 Å². The molecule has 1 saturated heterocycles. The van der Waals surface area contributed by atoms with Gasteiger partial charge in [0.1, 0.15) is 17.6 Å². The smallest absolute Gasteiger partial charge is 0.339 e. The Hall–Kier alpha value is -2.12. The van der Waals surface area contributed by atoms with E-state index in [4.69, 9.17) is 9.15 Å². The van der Waals surface area contributed by atoms with Gasteiger partial charge < -0.3 is 9.15 Å². The van der Waals surface area contributed by atoms with Crippen molar-refractivity contribution in [2.75, 3.05) is 18.8 Å². The van der Waals surface area contributed by atoms with Gasteiger partial charge in [0.15, 0.2) is 0 Å². The van der Waals surface area contributed by atoms with Crippen LogP contribution in [0.3, 0.4) is 0 Å². The van der Waals surface area contributed by atoms with Crippen molar-refractivity contribution < 1.29 is 17.6 Å². The lowest BCUT2D eigenvalue weighted by Gasteiger charge is -2.37. The van der Waals surface area contributed by atoms with E-state index in [0.29, 0.717) is 31.0 Å². The second kappa shape index (κ2) is 6.78. The van der Waals surface area contributed by atoms with Crippen LogP contribution in [0.15, 0.2) is 51.7 Å². The molecule has 0 saturated carbocycles. The SMILES string of the molecule is Cc1cc(OC2CN(S(=O)(=O)CCc3ccccc3)C2)cc(=O)o1. The summed E-state index contributed by atoms with van der Waals surface area (Å²) >= 11 is 0. The molecule has 0 bridgehead atoms. The first-order valence-electron chi connectivity index (χ1n) is 7.72. The van der Waals surface area contributed by atoms with Crippen LogP contribution in [0.1, 0.15) is 11.3 Å². The molecule has 1 aromatic heterocycles. The molecule has 1 aliphatic rings. The van der Waals surface area contributed by atoms with Gasteiger partial charge in [-0.25, -0.2) is 13.2 Å². The minimum absolute atomic E-state index is 0.0811. The summed E-state index contributed by atoms with van der Waals surface area (Å²) in [6.07, 6.45) is 0.252. The first-order chi connectivity index (χ1) is 11.4. The Bertz CT molecular complexity index is 854. The van der Waals surface area contributed by atoms with E-state index in [9.17, 15) is 13.2 Å². The monoisotopic (exact) mass is 349 g/mol. The van der Waals surface area contributed by atoms with Crippen LogP contribution < -0.4 is 10.4 Å². The molecule has 2 aromatic rings. The molecule has 1 aliphatic heterocycles. The van der Waals surface area contributed by atoms with Crippen LogP contribution in [-0.4, -0.2) is 37.7 Å². The number of aryl methyl sites for hydroxylation is 2. The van der Waals surface area contributed by atoms with Crippen LogP contribution in [0, 0.1) is 6.92 Å². The van der Waals surface area contributed by atoms with Crippen molar-refractivity contribution in [3.05, 3.63) is 64.2 Å². The van der Waals surface area contributed by atoms with Crippen LogP contribution in [-0.2, 0) is 16.4 Å². The predicted molar refractivity (Wildman–Crippen MR) is 89.6 cm³/mol. The molecule has 2 heterocycles. The topological polar surface area (TPSA) is 76.8 Å². The third-order valence-electron chi connectivity index (χ3n) is 3.87. The summed E-state index contributed by atoms with van der Waals surface area (Å²) in [5.41, 5.74) is 0.526. The van der Waals surface area contributed by atoms with Gasteiger partial charge in [-0.1, -0.05) is 30.3 Å². The molecule has 24 heavy (non-hydrogen) atoms. The second-order valence-corrected chi connectivity index (χ2v) is 7.92. The fourth-order valence-electron chi connectivity index (χ4n) is 2.56. The summed E-state index contributed by atoms with van der Waals surface area (Å²) in [4.78, 5) is 11.3. The highest BCUT2D eigenvalue weighted by molar-refractivity contribution is 7.89. The first-order valence-corrected chi connectivity index (χ1v) is 9.33. The van der Waals surface area contributed by atoms with Crippen LogP contribution in [0.25, 0.3) is 0 Å². The molecule has 0 unspecified atom stereocenters. The number of nitrogens with zero attached hydrogens (tertiary/aromatic N) is 1. The maximum Gasteiger partial charge on any atom is 0.339 e. The Balaban J connectivity index is 1.52. The fourth-order valence-corrected chi connectivity index (χ4v) is 4.10. The van der Waals surface area contributed by atoms with E-state index < -0.39 is 15.6 Å². The highest BCUT2D eigenvalue weighted by Crippen LogP contribution is 2.21. The largest absolute Gasteiger partial charge is 0.487 e. The Labute approximate surface area is 140 Å². The van der Waals surface area contributed by atoms with Crippen LogP contribution in [0.2, 0.25) is 0 Å². The van der Waals surface area contributed by atoms with E-state index in [1.54, 1.807) is 13.0 Å². The van der Waals surface area contributed by atoms with Crippen molar-refractivity contribution in [2.45, 2.75) is 19.4 Å².